The van der Waals surface area contributed by atoms with Crippen molar-refractivity contribution in [3.63, 3.8) is 0 Å². The molecule has 1 aromatic carbocycles. The van der Waals surface area contributed by atoms with Gasteiger partial charge in [-0.2, -0.15) is 13.2 Å². The molecule has 0 bridgehead atoms. The van der Waals surface area contributed by atoms with Crippen molar-refractivity contribution >= 4 is 0 Å². The summed E-state index contributed by atoms with van der Waals surface area (Å²) in [5, 5.41) is 13.6. The maximum absolute atomic E-state index is 12.7. The van der Waals surface area contributed by atoms with Crippen molar-refractivity contribution in [3.05, 3.63) is 35.4 Å². The molecule has 2 nitrogen and oxygen atoms in total. The molecule has 0 aliphatic carbocycles. The van der Waals surface area contributed by atoms with Gasteiger partial charge in [-0.05, 0) is 49.4 Å². The van der Waals surface area contributed by atoms with Gasteiger partial charge >= 0.3 is 6.18 Å². The van der Waals surface area contributed by atoms with Crippen LogP contribution >= 0.6 is 0 Å². The van der Waals surface area contributed by atoms with E-state index in [2.05, 4.69) is 12.2 Å². The molecule has 0 aromatic heterocycles. The first kappa shape index (κ1) is 16.3. The van der Waals surface area contributed by atoms with Crippen LogP contribution in [-0.4, -0.2) is 17.7 Å². The molecule has 3 atom stereocenters. The van der Waals surface area contributed by atoms with Gasteiger partial charge in [0.15, 0.2) is 0 Å². The molecule has 2 rings (SSSR count). The van der Waals surface area contributed by atoms with Crippen LogP contribution in [0.15, 0.2) is 24.3 Å². The monoisotopic (exact) mass is 301 g/mol. The maximum Gasteiger partial charge on any atom is 0.416 e. The van der Waals surface area contributed by atoms with Crippen molar-refractivity contribution in [3.8, 4) is 0 Å². The molecule has 0 radical (unpaired) electrons. The third kappa shape index (κ3) is 4.45. The van der Waals surface area contributed by atoms with Crippen LogP contribution in [0.2, 0.25) is 0 Å². The Morgan fingerprint density at radius 1 is 1.38 bits per heavy atom. The Morgan fingerprint density at radius 2 is 2.14 bits per heavy atom. The molecule has 1 aliphatic heterocycles. The van der Waals surface area contributed by atoms with Gasteiger partial charge in [0.25, 0.3) is 0 Å². The van der Waals surface area contributed by atoms with Gasteiger partial charge < -0.3 is 10.4 Å². The highest BCUT2D eigenvalue weighted by Crippen LogP contribution is 2.32. The number of piperidine rings is 1. The van der Waals surface area contributed by atoms with E-state index in [0.717, 1.165) is 37.9 Å². The predicted molar refractivity (Wildman–Crippen MR) is 75.8 cm³/mol. The molecule has 1 saturated heterocycles. The zero-order chi connectivity index (χ0) is 15.5. The number of aliphatic hydroxyl groups excluding tert-OH is 1. The van der Waals surface area contributed by atoms with Crippen LogP contribution in [0, 0.1) is 5.92 Å². The highest BCUT2D eigenvalue weighted by atomic mass is 19.4. The Hall–Kier alpha value is -1.07. The average Bonchev–Trinajstić information content (AvgIpc) is 2.46. The highest BCUT2D eigenvalue weighted by molar-refractivity contribution is 5.27. The molecule has 1 fully saturated rings. The number of alkyl halides is 3. The van der Waals surface area contributed by atoms with E-state index in [0.29, 0.717) is 17.9 Å². The first-order valence-electron chi connectivity index (χ1n) is 7.48. The molecule has 2 N–H and O–H groups in total. The summed E-state index contributed by atoms with van der Waals surface area (Å²) in [4.78, 5) is 0. The van der Waals surface area contributed by atoms with Crippen molar-refractivity contribution in [1.29, 1.82) is 0 Å². The maximum atomic E-state index is 12.7. The van der Waals surface area contributed by atoms with E-state index >= 15 is 0 Å². The lowest BCUT2D eigenvalue weighted by molar-refractivity contribution is -0.137. The van der Waals surface area contributed by atoms with Gasteiger partial charge in [0.2, 0.25) is 0 Å². The van der Waals surface area contributed by atoms with Crippen molar-refractivity contribution in [2.75, 3.05) is 6.54 Å². The number of hydrogen-bond donors (Lipinski definition) is 2. The predicted octanol–water partition coefficient (Wildman–Crippen LogP) is 3.91. The summed E-state index contributed by atoms with van der Waals surface area (Å²) in [6.07, 6.45) is -1.55. The van der Waals surface area contributed by atoms with Gasteiger partial charge in [-0.3, -0.25) is 0 Å². The van der Waals surface area contributed by atoms with E-state index in [1.165, 1.54) is 6.07 Å². The van der Waals surface area contributed by atoms with E-state index in [1.54, 1.807) is 6.07 Å². The molecule has 5 heteroatoms. The van der Waals surface area contributed by atoms with Crippen LogP contribution in [0.1, 0.15) is 49.8 Å². The number of nitrogens with one attached hydrogen (secondary N) is 1. The lowest BCUT2D eigenvalue weighted by Crippen LogP contribution is -2.38. The molecule has 1 aromatic rings. The molecular formula is C16H22F3NO. The van der Waals surface area contributed by atoms with Crippen LogP contribution < -0.4 is 5.32 Å². The summed E-state index contributed by atoms with van der Waals surface area (Å²) >= 11 is 0. The van der Waals surface area contributed by atoms with E-state index in [1.807, 2.05) is 0 Å². The molecular weight excluding hydrogens is 279 g/mol. The molecule has 0 amide bonds. The smallest absolute Gasteiger partial charge is 0.388 e. The summed E-state index contributed by atoms with van der Waals surface area (Å²) in [5.41, 5.74) is -0.368. The second-order valence-electron chi connectivity index (χ2n) is 5.82. The molecule has 1 heterocycles. The minimum atomic E-state index is -4.37. The van der Waals surface area contributed by atoms with Gasteiger partial charge in [0.1, 0.15) is 0 Å². The molecule has 0 saturated carbocycles. The zero-order valence-corrected chi connectivity index (χ0v) is 12.2. The zero-order valence-electron chi connectivity index (χ0n) is 12.2. The Bertz CT molecular complexity index is 461. The topological polar surface area (TPSA) is 32.3 Å². The van der Waals surface area contributed by atoms with Gasteiger partial charge in [0, 0.05) is 6.04 Å². The third-order valence-corrected chi connectivity index (χ3v) is 4.29. The number of rotatable bonds is 4. The fourth-order valence-corrected chi connectivity index (χ4v) is 2.97. The normalized spacial score (nSPS) is 24.8. The first-order valence-corrected chi connectivity index (χ1v) is 7.48. The van der Waals surface area contributed by atoms with Gasteiger partial charge in [0.05, 0.1) is 11.7 Å². The number of aliphatic hydroxyl groups is 1. The van der Waals surface area contributed by atoms with Gasteiger partial charge in [-0.1, -0.05) is 25.5 Å². The average molecular weight is 301 g/mol. The summed E-state index contributed by atoms with van der Waals surface area (Å²) in [6, 6.07) is 5.16. The summed E-state index contributed by atoms with van der Waals surface area (Å²) in [6.45, 7) is 3.06. The number of hydrogen-bond acceptors (Lipinski definition) is 2. The quantitative estimate of drug-likeness (QED) is 0.884. The van der Waals surface area contributed by atoms with Crippen molar-refractivity contribution < 1.29 is 18.3 Å². The van der Waals surface area contributed by atoms with Crippen molar-refractivity contribution in [2.24, 2.45) is 5.92 Å². The van der Waals surface area contributed by atoms with Crippen molar-refractivity contribution in [2.45, 2.75) is 50.9 Å². The molecule has 118 valence electrons. The summed E-state index contributed by atoms with van der Waals surface area (Å²) < 4.78 is 38.1. The molecule has 3 unspecified atom stereocenters. The van der Waals surface area contributed by atoms with Crippen LogP contribution in [0.25, 0.3) is 0 Å². The second-order valence-corrected chi connectivity index (χ2v) is 5.82. The Morgan fingerprint density at radius 3 is 2.81 bits per heavy atom. The van der Waals surface area contributed by atoms with Gasteiger partial charge in [-0.25, -0.2) is 0 Å². The van der Waals surface area contributed by atoms with Crippen LogP contribution in [-0.2, 0) is 6.18 Å². The SMILES string of the molecule is CCC1CCNC(CC(O)c2cccc(C(F)(F)F)c2)C1. The van der Waals surface area contributed by atoms with E-state index in [4.69, 9.17) is 0 Å². The Kier molecular flexibility index (Phi) is 5.27. The molecule has 1 aliphatic rings. The van der Waals surface area contributed by atoms with Crippen LogP contribution in [0.4, 0.5) is 13.2 Å². The van der Waals surface area contributed by atoms with Gasteiger partial charge in [-0.15, -0.1) is 0 Å². The lowest BCUT2D eigenvalue weighted by Gasteiger charge is -2.31. The van der Waals surface area contributed by atoms with Crippen LogP contribution in [0.5, 0.6) is 0 Å². The number of benzene rings is 1. The van der Waals surface area contributed by atoms with Crippen molar-refractivity contribution in [1.82, 2.24) is 5.32 Å². The highest BCUT2D eigenvalue weighted by Gasteiger charge is 2.31. The van der Waals surface area contributed by atoms with E-state index < -0.39 is 17.8 Å². The molecule has 0 spiro atoms. The minimum Gasteiger partial charge on any atom is -0.388 e. The van der Waals surface area contributed by atoms with E-state index in [-0.39, 0.29) is 6.04 Å². The minimum absolute atomic E-state index is 0.174. The largest absolute Gasteiger partial charge is 0.416 e. The summed E-state index contributed by atoms with van der Waals surface area (Å²) in [7, 11) is 0. The fourth-order valence-electron chi connectivity index (χ4n) is 2.97. The second kappa shape index (κ2) is 6.79. The standard InChI is InChI=1S/C16H22F3NO/c1-2-11-6-7-20-14(8-11)10-15(21)12-4-3-5-13(9-12)16(17,18)19/h3-5,9,11,14-15,20-21H,2,6-8,10H2,1H3. The number of halogens is 3. The van der Waals surface area contributed by atoms with E-state index in [9.17, 15) is 18.3 Å². The Labute approximate surface area is 123 Å². The Balaban J connectivity index is 2.01. The first-order chi connectivity index (χ1) is 9.90. The third-order valence-electron chi connectivity index (χ3n) is 4.29. The lowest BCUT2D eigenvalue weighted by atomic mass is 9.87. The fraction of sp³-hybridized carbons (Fsp3) is 0.625. The summed E-state index contributed by atoms with van der Waals surface area (Å²) in [5.74, 6) is 0.643. The van der Waals surface area contributed by atoms with Crippen LogP contribution in [0.3, 0.4) is 0 Å². The molecule has 21 heavy (non-hydrogen) atoms.